The van der Waals surface area contributed by atoms with Gasteiger partial charge >= 0.3 is 0 Å². The third-order valence-corrected chi connectivity index (χ3v) is 6.99. The molecule has 0 saturated carbocycles. The second-order valence-corrected chi connectivity index (χ2v) is 9.81. The maximum Gasteiger partial charge on any atom is 0.272 e. The highest BCUT2D eigenvalue weighted by Crippen LogP contribution is 2.34. The third kappa shape index (κ3) is 3.87. The van der Waals surface area contributed by atoms with Gasteiger partial charge in [-0.1, -0.05) is 6.07 Å². The van der Waals surface area contributed by atoms with Crippen LogP contribution in [0.4, 0.5) is 5.69 Å². The molecule has 0 radical (unpaired) electrons. The zero-order chi connectivity index (χ0) is 23.3. The molecule has 4 heterocycles. The molecule has 0 bridgehead atoms. The van der Waals surface area contributed by atoms with E-state index in [-0.39, 0.29) is 17.1 Å². The summed E-state index contributed by atoms with van der Waals surface area (Å²) < 4.78 is 13.0. The molecule has 170 valence electrons. The molecule has 0 fully saturated rings. The Balaban J connectivity index is 1.50. The summed E-state index contributed by atoms with van der Waals surface area (Å²) in [4.78, 5) is 36.3. The lowest BCUT2D eigenvalue weighted by atomic mass is 9.95. The Morgan fingerprint density at radius 2 is 2.15 bits per heavy atom. The predicted molar refractivity (Wildman–Crippen MR) is 128 cm³/mol. The van der Waals surface area contributed by atoms with E-state index in [0.29, 0.717) is 34.7 Å². The van der Waals surface area contributed by atoms with Crippen molar-refractivity contribution in [3.63, 3.8) is 0 Å². The summed E-state index contributed by atoms with van der Waals surface area (Å²) in [6.07, 6.45) is 2.15. The summed E-state index contributed by atoms with van der Waals surface area (Å²) in [6.45, 7) is 6.26. The van der Waals surface area contributed by atoms with Gasteiger partial charge in [0.25, 0.3) is 5.56 Å². The molecule has 9 heteroatoms. The number of aromatic nitrogens is 3. The van der Waals surface area contributed by atoms with E-state index in [1.165, 1.54) is 22.2 Å². The largest absolute Gasteiger partial charge is 0.497 e. The van der Waals surface area contributed by atoms with Crippen molar-refractivity contribution in [1.29, 1.82) is 0 Å². The molecule has 0 aliphatic carbocycles. The minimum Gasteiger partial charge on any atom is -0.497 e. The number of fused-ring (bicyclic) bond motifs is 4. The number of carbonyl (C=O) groups is 1. The number of anilines is 1. The fraction of sp³-hybridized carbons (Fsp3) is 0.333. The van der Waals surface area contributed by atoms with Gasteiger partial charge in [-0.25, -0.2) is 9.97 Å². The van der Waals surface area contributed by atoms with Crippen LogP contribution < -0.4 is 15.6 Å². The molecule has 1 aromatic carbocycles. The predicted octanol–water partition coefficient (Wildman–Crippen LogP) is 4.07. The summed E-state index contributed by atoms with van der Waals surface area (Å²) in [5, 5.41) is 3.67. The standard InChI is InChI=1S/C24H24N4O4S/c1-13(21(29)26-15-6-5-7-16(9-15)31-4)28-12-25-19-17-8-14-11-32-24(2,3)10-18(14)27-22(17)33-20(19)23(28)30/h5-9,12-13H,10-11H2,1-4H3,(H,26,29)/t13-/m1/s1. The minimum absolute atomic E-state index is 0.258. The van der Waals surface area contributed by atoms with Crippen LogP contribution in [-0.2, 0) is 22.6 Å². The van der Waals surface area contributed by atoms with Crippen molar-refractivity contribution in [2.45, 2.75) is 45.4 Å². The van der Waals surface area contributed by atoms with Crippen molar-refractivity contribution < 1.29 is 14.3 Å². The number of nitrogens with zero attached hydrogens (tertiary/aromatic N) is 3. The Kier molecular flexibility index (Phi) is 5.18. The zero-order valence-corrected chi connectivity index (χ0v) is 19.7. The van der Waals surface area contributed by atoms with E-state index >= 15 is 0 Å². The average Bonchev–Trinajstić information content (AvgIpc) is 3.15. The van der Waals surface area contributed by atoms with Gasteiger partial charge in [0.15, 0.2) is 0 Å². The minimum atomic E-state index is -0.749. The smallest absolute Gasteiger partial charge is 0.272 e. The van der Waals surface area contributed by atoms with E-state index in [0.717, 1.165) is 21.5 Å². The summed E-state index contributed by atoms with van der Waals surface area (Å²) >= 11 is 1.32. The monoisotopic (exact) mass is 464 g/mol. The first-order valence-electron chi connectivity index (χ1n) is 10.7. The van der Waals surface area contributed by atoms with Gasteiger partial charge in [-0.3, -0.25) is 14.2 Å². The van der Waals surface area contributed by atoms with Gasteiger partial charge in [0, 0.05) is 29.1 Å². The lowest BCUT2D eigenvalue weighted by molar-refractivity contribution is -0.118. The van der Waals surface area contributed by atoms with Gasteiger partial charge in [0.2, 0.25) is 5.91 Å². The molecule has 0 saturated heterocycles. The maximum absolute atomic E-state index is 13.3. The normalized spacial score (nSPS) is 15.9. The first-order valence-corrected chi connectivity index (χ1v) is 11.5. The molecule has 1 amide bonds. The summed E-state index contributed by atoms with van der Waals surface area (Å²) in [5.41, 5.74) is 2.70. The van der Waals surface area contributed by atoms with Gasteiger partial charge in [-0.05, 0) is 39.0 Å². The topological polar surface area (TPSA) is 95.3 Å². The number of benzene rings is 1. The maximum atomic E-state index is 13.3. The highest BCUT2D eigenvalue weighted by molar-refractivity contribution is 7.25. The molecule has 1 aliphatic heterocycles. The van der Waals surface area contributed by atoms with Gasteiger partial charge in [-0.2, -0.15) is 0 Å². The van der Waals surface area contributed by atoms with E-state index < -0.39 is 6.04 Å². The molecule has 4 aromatic rings. The summed E-state index contributed by atoms with van der Waals surface area (Å²) in [6, 6.07) is 8.35. The van der Waals surface area contributed by atoms with Crippen molar-refractivity contribution in [1.82, 2.24) is 14.5 Å². The molecule has 1 atom stereocenters. The third-order valence-electron chi connectivity index (χ3n) is 5.91. The quantitative estimate of drug-likeness (QED) is 0.489. The van der Waals surface area contributed by atoms with E-state index in [1.54, 1.807) is 38.3 Å². The van der Waals surface area contributed by atoms with Crippen LogP contribution in [0, 0.1) is 0 Å². The van der Waals surface area contributed by atoms with Crippen molar-refractivity contribution in [2.24, 2.45) is 0 Å². The van der Waals surface area contributed by atoms with Gasteiger partial charge < -0.3 is 14.8 Å². The SMILES string of the molecule is COc1cccc(NC(=O)[C@@H](C)n2cnc3c(sc4nc5c(cc43)COC(C)(C)C5)c2=O)c1. The zero-order valence-electron chi connectivity index (χ0n) is 18.8. The Morgan fingerprint density at radius 1 is 1.33 bits per heavy atom. The van der Waals surface area contributed by atoms with Crippen LogP contribution in [-0.4, -0.2) is 33.2 Å². The Labute approximate surface area is 194 Å². The fourth-order valence-corrected chi connectivity index (χ4v) is 5.07. The van der Waals surface area contributed by atoms with Crippen LogP contribution in [0.2, 0.25) is 0 Å². The number of hydrogen-bond acceptors (Lipinski definition) is 7. The summed E-state index contributed by atoms with van der Waals surface area (Å²) in [7, 11) is 1.56. The second kappa shape index (κ2) is 7.93. The molecule has 8 nitrogen and oxygen atoms in total. The van der Waals surface area contributed by atoms with Crippen molar-refractivity contribution in [2.75, 3.05) is 12.4 Å². The second-order valence-electron chi connectivity index (χ2n) is 8.81. The lowest BCUT2D eigenvalue weighted by Crippen LogP contribution is -2.32. The van der Waals surface area contributed by atoms with Crippen LogP contribution in [0.25, 0.3) is 20.4 Å². The number of pyridine rings is 1. The number of rotatable bonds is 4. The highest BCUT2D eigenvalue weighted by Gasteiger charge is 2.28. The number of thiophene rings is 1. The number of nitrogens with one attached hydrogen (secondary N) is 1. The molecule has 0 unspecified atom stereocenters. The number of ether oxygens (including phenoxy) is 2. The molecule has 5 rings (SSSR count). The number of methoxy groups -OCH3 is 1. The first-order chi connectivity index (χ1) is 15.8. The van der Waals surface area contributed by atoms with Crippen molar-refractivity contribution in [3.05, 3.63) is 58.3 Å². The Morgan fingerprint density at radius 3 is 2.94 bits per heavy atom. The number of amides is 1. The molecule has 33 heavy (non-hydrogen) atoms. The lowest BCUT2D eigenvalue weighted by Gasteiger charge is -2.30. The van der Waals surface area contributed by atoms with Crippen LogP contribution in [0.15, 0.2) is 41.5 Å². The molecular formula is C24H24N4O4S. The first kappa shape index (κ1) is 21.5. The van der Waals surface area contributed by atoms with Crippen molar-refractivity contribution >= 4 is 43.4 Å². The Hall–Kier alpha value is -3.30. The van der Waals surface area contributed by atoms with Gasteiger partial charge in [0.05, 0.1) is 36.9 Å². The number of carbonyl (C=O) groups excluding carboxylic acids is 1. The molecule has 3 aromatic heterocycles. The molecule has 1 aliphatic rings. The van der Waals surface area contributed by atoms with E-state index in [4.69, 9.17) is 14.5 Å². The van der Waals surface area contributed by atoms with Crippen LogP contribution >= 0.6 is 11.3 Å². The molecule has 1 N–H and O–H groups in total. The highest BCUT2D eigenvalue weighted by atomic mass is 32.1. The molecular weight excluding hydrogens is 440 g/mol. The van der Waals surface area contributed by atoms with Crippen LogP contribution in [0.1, 0.15) is 38.1 Å². The molecule has 0 spiro atoms. The van der Waals surface area contributed by atoms with Crippen molar-refractivity contribution in [3.8, 4) is 5.75 Å². The van der Waals surface area contributed by atoms with Crippen LogP contribution in [0.5, 0.6) is 5.75 Å². The van der Waals surface area contributed by atoms with Gasteiger partial charge in [-0.15, -0.1) is 11.3 Å². The number of hydrogen-bond donors (Lipinski definition) is 1. The average molecular weight is 465 g/mol. The Bertz CT molecular complexity index is 1460. The van der Waals surface area contributed by atoms with E-state index in [9.17, 15) is 9.59 Å². The summed E-state index contributed by atoms with van der Waals surface area (Å²) in [5.74, 6) is 0.315. The van der Waals surface area contributed by atoms with E-state index in [1.807, 2.05) is 19.9 Å². The van der Waals surface area contributed by atoms with E-state index in [2.05, 4.69) is 10.3 Å². The fourth-order valence-electron chi connectivity index (χ4n) is 4.01. The van der Waals surface area contributed by atoms with Crippen LogP contribution in [0.3, 0.4) is 0 Å². The van der Waals surface area contributed by atoms with Gasteiger partial charge in [0.1, 0.15) is 21.3 Å².